The zero-order valence-corrected chi connectivity index (χ0v) is 36.0. The molecule has 3 amide bonds. The molecule has 0 bridgehead atoms. The lowest BCUT2D eigenvalue weighted by atomic mass is 9.83. The minimum absolute atomic E-state index is 0.0415. The van der Waals surface area contributed by atoms with Gasteiger partial charge >= 0.3 is 18.2 Å². The van der Waals surface area contributed by atoms with Crippen molar-refractivity contribution in [1.82, 2.24) is 24.7 Å². The van der Waals surface area contributed by atoms with Crippen LogP contribution in [0.15, 0.2) is 54.7 Å². The molecular formula is C42H59F2N5O7Si. The van der Waals surface area contributed by atoms with E-state index in [-0.39, 0.29) is 43.4 Å². The molecule has 312 valence electrons. The van der Waals surface area contributed by atoms with E-state index in [1.54, 1.807) is 36.8 Å². The molecule has 15 heteroatoms. The lowest BCUT2D eigenvalue weighted by Gasteiger charge is -2.41. The molecule has 0 spiro atoms. The van der Waals surface area contributed by atoms with Gasteiger partial charge in [0.25, 0.3) is 5.91 Å². The summed E-state index contributed by atoms with van der Waals surface area (Å²) in [6.45, 7) is 19.6. The highest BCUT2D eigenvalue weighted by molar-refractivity contribution is 6.76. The molecule has 2 aromatic carbocycles. The van der Waals surface area contributed by atoms with Crippen LogP contribution in [0.2, 0.25) is 25.7 Å². The predicted octanol–water partition coefficient (Wildman–Crippen LogP) is 7.90. The van der Waals surface area contributed by atoms with Crippen molar-refractivity contribution in [2.45, 2.75) is 92.3 Å². The number of carbonyl (C=O) groups excluding carboxylic acids is 4. The second-order valence-electron chi connectivity index (χ2n) is 18.0. The quantitative estimate of drug-likeness (QED) is 0.0988. The monoisotopic (exact) mass is 811 g/mol. The Hall–Kier alpha value is -4.79. The maximum atomic E-state index is 15.3. The molecule has 1 aliphatic heterocycles. The highest BCUT2D eigenvalue weighted by Gasteiger charge is 2.44. The van der Waals surface area contributed by atoms with E-state index in [9.17, 15) is 23.6 Å². The number of hydrogen-bond donors (Lipinski definition) is 1. The van der Waals surface area contributed by atoms with Gasteiger partial charge in [0.05, 0.1) is 18.3 Å². The topological polar surface area (TPSA) is 132 Å². The normalized spacial score (nSPS) is 16.5. The summed E-state index contributed by atoms with van der Waals surface area (Å²) in [5.74, 6) is -2.81. The first-order chi connectivity index (χ1) is 26.5. The molecule has 2 heterocycles. The van der Waals surface area contributed by atoms with E-state index >= 15 is 4.39 Å². The molecule has 0 saturated carbocycles. The number of benzene rings is 2. The smallest absolute Gasteiger partial charge is 0.410 e. The van der Waals surface area contributed by atoms with Crippen molar-refractivity contribution in [2.24, 2.45) is 17.3 Å². The summed E-state index contributed by atoms with van der Waals surface area (Å²) in [6, 6.07) is 12.7. The fourth-order valence-electron chi connectivity index (χ4n) is 6.79. The van der Waals surface area contributed by atoms with E-state index in [1.165, 1.54) is 6.92 Å². The first-order valence-electron chi connectivity index (χ1n) is 19.4. The maximum Gasteiger partial charge on any atom is 0.410 e. The minimum Gasteiger partial charge on any atom is -0.456 e. The number of amides is 3. The number of nitrogens with zero attached hydrogens (tertiary/aromatic N) is 4. The van der Waals surface area contributed by atoms with Crippen LogP contribution >= 0.6 is 0 Å². The third-order valence-electron chi connectivity index (χ3n) is 9.56. The number of ether oxygens (including phenoxy) is 3. The van der Waals surface area contributed by atoms with E-state index in [0.717, 1.165) is 29.8 Å². The van der Waals surface area contributed by atoms with Crippen molar-refractivity contribution in [1.29, 1.82) is 0 Å². The molecular weight excluding hydrogens is 753 g/mol. The Labute approximate surface area is 336 Å². The second kappa shape index (κ2) is 18.6. The Bertz CT molecular complexity index is 1870. The van der Waals surface area contributed by atoms with Crippen molar-refractivity contribution in [3.05, 3.63) is 77.8 Å². The molecule has 1 aliphatic rings. The van der Waals surface area contributed by atoms with Crippen LogP contribution in [0.4, 0.5) is 18.4 Å². The predicted molar refractivity (Wildman–Crippen MR) is 216 cm³/mol. The van der Waals surface area contributed by atoms with Gasteiger partial charge in [0.1, 0.15) is 23.1 Å². The molecule has 0 radical (unpaired) electrons. The maximum absolute atomic E-state index is 15.3. The van der Waals surface area contributed by atoms with Crippen LogP contribution in [0.5, 0.6) is 0 Å². The fraction of sp³-hybridized carbons (Fsp3) is 0.548. The largest absolute Gasteiger partial charge is 0.456 e. The van der Waals surface area contributed by atoms with Gasteiger partial charge in [-0.2, -0.15) is 0 Å². The number of aromatic nitrogens is 2. The third kappa shape index (κ3) is 13.4. The van der Waals surface area contributed by atoms with Crippen molar-refractivity contribution in [3.8, 4) is 11.3 Å². The average molecular weight is 812 g/mol. The van der Waals surface area contributed by atoms with Crippen LogP contribution in [0.25, 0.3) is 11.3 Å². The number of imidazole rings is 1. The SMILES string of the molecule is CC(=O)OCC(=O)N(CC1CN(C(=O)OC(C)(C)C)CC1CNC(=O)OCC[Si](C)(C)C)[C@@H](c1nc(-c2cc(F)ccc2F)cn1Cc1ccccc1)C(C)(C)C. The van der Waals surface area contributed by atoms with Crippen LogP contribution < -0.4 is 5.32 Å². The van der Waals surface area contributed by atoms with Crippen molar-refractivity contribution in [3.63, 3.8) is 0 Å². The summed E-state index contributed by atoms with van der Waals surface area (Å²) in [5.41, 5.74) is -0.465. The Morgan fingerprint density at radius 3 is 2.25 bits per heavy atom. The Kier molecular flexibility index (Phi) is 14.7. The van der Waals surface area contributed by atoms with E-state index in [4.69, 9.17) is 19.2 Å². The van der Waals surface area contributed by atoms with E-state index < -0.39 is 73.4 Å². The first-order valence-corrected chi connectivity index (χ1v) is 23.1. The zero-order chi connectivity index (χ0) is 42.3. The number of nitrogens with one attached hydrogen (secondary N) is 1. The van der Waals surface area contributed by atoms with Gasteiger partial charge in [-0.25, -0.2) is 23.4 Å². The van der Waals surface area contributed by atoms with Gasteiger partial charge in [-0.15, -0.1) is 0 Å². The highest BCUT2D eigenvalue weighted by Crippen LogP contribution is 2.41. The number of rotatable bonds is 14. The number of carbonyl (C=O) groups is 4. The molecule has 12 nitrogen and oxygen atoms in total. The van der Waals surface area contributed by atoms with Crippen LogP contribution in [0, 0.1) is 28.9 Å². The molecule has 1 N–H and O–H groups in total. The summed E-state index contributed by atoms with van der Waals surface area (Å²) < 4.78 is 48.1. The molecule has 1 fully saturated rings. The molecule has 1 aromatic heterocycles. The van der Waals surface area contributed by atoms with Gasteiger partial charge < -0.3 is 33.9 Å². The van der Waals surface area contributed by atoms with Crippen LogP contribution in [-0.4, -0.2) is 96.5 Å². The van der Waals surface area contributed by atoms with E-state index in [0.29, 0.717) is 19.0 Å². The summed E-state index contributed by atoms with van der Waals surface area (Å²) in [5, 5.41) is 2.87. The van der Waals surface area contributed by atoms with Crippen LogP contribution in [0.3, 0.4) is 0 Å². The zero-order valence-electron chi connectivity index (χ0n) is 35.0. The van der Waals surface area contributed by atoms with Gasteiger partial charge in [-0.05, 0) is 56.0 Å². The molecule has 3 aromatic rings. The Morgan fingerprint density at radius 1 is 0.965 bits per heavy atom. The minimum atomic E-state index is -1.45. The Morgan fingerprint density at radius 2 is 1.63 bits per heavy atom. The molecule has 3 atom stereocenters. The highest BCUT2D eigenvalue weighted by atomic mass is 28.3. The summed E-state index contributed by atoms with van der Waals surface area (Å²) >= 11 is 0. The van der Waals surface area contributed by atoms with Gasteiger partial charge in [0.15, 0.2) is 6.61 Å². The fourth-order valence-corrected chi connectivity index (χ4v) is 7.51. The molecule has 4 rings (SSSR count). The molecule has 2 unspecified atom stereocenters. The second-order valence-corrected chi connectivity index (χ2v) is 23.7. The van der Waals surface area contributed by atoms with Crippen LogP contribution in [-0.2, 0) is 30.3 Å². The number of likely N-dealkylation sites (tertiary alicyclic amines) is 1. The molecule has 1 saturated heterocycles. The summed E-state index contributed by atoms with van der Waals surface area (Å²) in [4.78, 5) is 60.8. The van der Waals surface area contributed by atoms with E-state index in [2.05, 4.69) is 25.0 Å². The lowest BCUT2D eigenvalue weighted by Crippen LogP contribution is -2.48. The number of hydrogen-bond acceptors (Lipinski definition) is 8. The summed E-state index contributed by atoms with van der Waals surface area (Å²) in [6.07, 6.45) is 0.546. The number of alkyl carbamates (subject to hydrolysis) is 1. The summed E-state index contributed by atoms with van der Waals surface area (Å²) in [7, 11) is -1.45. The van der Waals surface area contributed by atoms with Crippen molar-refractivity contribution in [2.75, 3.05) is 39.4 Å². The van der Waals surface area contributed by atoms with Gasteiger partial charge in [-0.3, -0.25) is 9.59 Å². The first kappa shape index (κ1) is 44.9. The molecule has 57 heavy (non-hydrogen) atoms. The lowest BCUT2D eigenvalue weighted by molar-refractivity contribution is -0.153. The Balaban J connectivity index is 1.79. The van der Waals surface area contributed by atoms with E-state index in [1.807, 2.05) is 55.7 Å². The van der Waals surface area contributed by atoms with Crippen molar-refractivity contribution >= 4 is 32.1 Å². The number of halogens is 2. The average Bonchev–Trinajstić information content (AvgIpc) is 3.69. The number of esters is 1. The van der Waals surface area contributed by atoms with Gasteiger partial charge in [-0.1, -0.05) is 70.7 Å². The molecule has 0 aliphatic carbocycles. The standard InChI is InChI=1S/C42H59F2N5O7Si/c1-28(50)55-27-36(51)49(25-31-24-48(40(53)56-42(5,6)7)23-30(31)21-45-39(52)54-18-19-57(8,9)10)37(41(2,3)4)38-46-35(33-20-32(43)16-17-34(33)44)26-47(38)22-29-14-12-11-13-15-29/h11-17,20,26,30-31,37H,18-19,21-25,27H2,1-10H3,(H,45,52)/t30?,31?,37-/m0/s1. The third-order valence-corrected chi connectivity index (χ3v) is 11.3. The van der Waals surface area contributed by atoms with Crippen LogP contribution in [0.1, 0.15) is 65.9 Å². The van der Waals surface area contributed by atoms with Crippen molar-refractivity contribution < 1.29 is 42.2 Å². The van der Waals surface area contributed by atoms with Gasteiger partial charge in [0.2, 0.25) is 0 Å². The van der Waals surface area contributed by atoms with Gasteiger partial charge in [0, 0.05) is 71.3 Å².